The number of nitriles is 1. The van der Waals surface area contributed by atoms with E-state index in [9.17, 15) is 5.26 Å². The molecule has 4 aliphatic carbocycles. The van der Waals surface area contributed by atoms with Crippen molar-refractivity contribution in [3.05, 3.63) is 35.7 Å². The van der Waals surface area contributed by atoms with Crippen LogP contribution in [0.5, 0.6) is 0 Å². The van der Waals surface area contributed by atoms with E-state index in [0.29, 0.717) is 0 Å². The van der Waals surface area contributed by atoms with Gasteiger partial charge in [0.1, 0.15) is 0 Å². The molecule has 2 heteroatoms. The lowest BCUT2D eigenvalue weighted by Crippen LogP contribution is -2.46. The number of hydrogen-bond acceptors (Lipinski definition) is 2. The molecular formula is C18H20N2. The van der Waals surface area contributed by atoms with Crippen LogP contribution in [0.4, 0.5) is 0 Å². The molecule has 0 spiro atoms. The Morgan fingerprint density at radius 2 is 1.85 bits per heavy atom. The van der Waals surface area contributed by atoms with Crippen molar-refractivity contribution in [3.8, 4) is 6.07 Å². The first kappa shape index (κ1) is 12.1. The van der Waals surface area contributed by atoms with E-state index in [1.165, 1.54) is 38.5 Å². The van der Waals surface area contributed by atoms with Gasteiger partial charge in [0.15, 0.2) is 0 Å². The van der Waals surface area contributed by atoms with Crippen molar-refractivity contribution < 1.29 is 0 Å². The third-order valence-electron chi connectivity index (χ3n) is 5.73. The van der Waals surface area contributed by atoms with Crippen molar-refractivity contribution in [1.29, 1.82) is 5.26 Å². The van der Waals surface area contributed by atoms with E-state index >= 15 is 0 Å². The fourth-order valence-corrected chi connectivity index (χ4v) is 5.37. The molecule has 0 atom stereocenters. The highest BCUT2D eigenvalue weighted by molar-refractivity contribution is 5.58. The summed E-state index contributed by atoms with van der Waals surface area (Å²) in [4.78, 5) is 4.16. The second-order valence-electron chi connectivity index (χ2n) is 7.15. The molecule has 102 valence electrons. The molecule has 4 bridgehead atoms. The van der Waals surface area contributed by atoms with Crippen molar-refractivity contribution in [2.75, 3.05) is 0 Å². The maximum absolute atomic E-state index is 9.71. The van der Waals surface area contributed by atoms with E-state index in [2.05, 4.69) is 17.1 Å². The lowest BCUT2D eigenvalue weighted by atomic mass is 9.48. The summed E-state index contributed by atoms with van der Waals surface area (Å²) in [6, 6.07) is 6.53. The van der Waals surface area contributed by atoms with Crippen LogP contribution in [-0.2, 0) is 0 Å². The highest BCUT2D eigenvalue weighted by Gasteiger charge is 2.52. The molecule has 4 fully saturated rings. The van der Waals surface area contributed by atoms with Crippen molar-refractivity contribution in [2.45, 2.75) is 38.5 Å². The van der Waals surface area contributed by atoms with Crippen LogP contribution < -0.4 is 0 Å². The first-order valence-electron chi connectivity index (χ1n) is 7.80. The summed E-state index contributed by atoms with van der Waals surface area (Å²) in [5, 5.41) is 9.71. The molecule has 1 aromatic heterocycles. The largest absolute Gasteiger partial charge is 0.264 e. The standard InChI is InChI=1S/C18H20N2/c19-11-17(7-13-2-1-3-20-12-13)18-8-14-4-15(9-18)6-16(5-14)10-18/h1-3,7,12,14-16H,4-6,8-10H2/b17-7-. The van der Waals surface area contributed by atoms with Gasteiger partial charge in [-0.2, -0.15) is 5.26 Å². The van der Waals surface area contributed by atoms with Crippen LogP contribution in [0.25, 0.3) is 6.08 Å². The van der Waals surface area contributed by atoms with E-state index in [-0.39, 0.29) is 5.41 Å². The first-order chi connectivity index (χ1) is 9.77. The summed E-state index contributed by atoms with van der Waals surface area (Å²) >= 11 is 0. The quantitative estimate of drug-likeness (QED) is 0.750. The molecule has 0 aromatic carbocycles. The van der Waals surface area contributed by atoms with E-state index in [4.69, 9.17) is 0 Å². The van der Waals surface area contributed by atoms with Crippen molar-refractivity contribution in [1.82, 2.24) is 4.98 Å². The van der Waals surface area contributed by atoms with Crippen molar-refractivity contribution in [2.24, 2.45) is 23.2 Å². The molecule has 1 aromatic rings. The number of hydrogen-bond donors (Lipinski definition) is 0. The summed E-state index contributed by atoms with van der Waals surface area (Å²) in [5.41, 5.74) is 2.28. The van der Waals surface area contributed by atoms with Gasteiger partial charge in [-0.15, -0.1) is 0 Å². The molecule has 0 saturated heterocycles. The zero-order chi connectivity index (χ0) is 13.6. The molecule has 0 aliphatic heterocycles. The van der Waals surface area contributed by atoms with Gasteiger partial charge in [-0.05, 0) is 74.0 Å². The Balaban J connectivity index is 1.71. The normalized spacial score (nSPS) is 38.8. The van der Waals surface area contributed by atoms with Gasteiger partial charge in [-0.3, -0.25) is 4.98 Å². The van der Waals surface area contributed by atoms with Crippen molar-refractivity contribution >= 4 is 6.08 Å². The highest BCUT2D eigenvalue weighted by Crippen LogP contribution is 2.62. The Morgan fingerprint density at radius 1 is 1.20 bits per heavy atom. The average Bonchev–Trinajstić information content (AvgIpc) is 2.44. The van der Waals surface area contributed by atoms with Gasteiger partial charge in [-0.1, -0.05) is 6.07 Å². The minimum atomic E-state index is 0.194. The maximum atomic E-state index is 9.71. The third-order valence-corrected chi connectivity index (χ3v) is 5.73. The zero-order valence-electron chi connectivity index (χ0n) is 11.8. The average molecular weight is 264 g/mol. The summed E-state index contributed by atoms with van der Waals surface area (Å²) in [5.74, 6) is 2.64. The maximum Gasteiger partial charge on any atom is 0.0953 e. The molecule has 1 heterocycles. The lowest BCUT2D eigenvalue weighted by molar-refractivity contribution is -0.0275. The summed E-state index contributed by atoms with van der Waals surface area (Å²) in [6.45, 7) is 0. The van der Waals surface area contributed by atoms with Crippen molar-refractivity contribution in [3.63, 3.8) is 0 Å². The number of pyridine rings is 1. The highest BCUT2D eigenvalue weighted by atomic mass is 14.6. The SMILES string of the molecule is N#C/C(=C/c1cccnc1)C12CC3CC(CC(C3)C1)C2. The van der Waals surface area contributed by atoms with Crippen LogP contribution in [0.1, 0.15) is 44.1 Å². The van der Waals surface area contributed by atoms with Gasteiger partial charge in [0.2, 0.25) is 0 Å². The molecule has 2 nitrogen and oxygen atoms in total. The van der Waals surface area contributed by atoms with Crippen LogP contribution in [0.2, 0.25) is 0 Å². The fraction of sp³-hybridized carbons (Fsp3) is 0.556. The fourth-order valence-electron chi connectivity index (χ4n) is 5.37. The van der Waals surface area contributed by atoms with E-state index < -0.39 is 0 Å². The Morgan fingerprint density at radius 3 is 2.35 bits per heavy atom. The van der Waals surface area contributed by atoms with Gasteiger partial charge in [0, 0.05) is 23.4 Å². The topological polar surface area (TPSA) is 36.7 Å². The Labute approximate surface area is 120 Å². The number of nitrogens with zero attached hydrogens (tertiary/aromatic N) is 2. The van der Waals surface area contributed by atoms with Gasteiger partial charge in [0.25, 0.3) is 0 Å². The Bertz CT molecular complexity index is 544. The van der Waals surface area contributed by atoms with Gasteiger partial charge in [-0.25, -0.2) is 0 Å². The Hall–Kier alpha value is -1.62. The zero-order valence-corrected chi connectivity index (χ0v) is 11.8. The van der Waals surface area contributed by atoms with E-state index in [1.807, 2.05) is 18.3 Å². The molecule has 4 aliphatic rings. The minimum absolute atomic E-state index is 0.194. The van der Waals surface area contributed by atoms with Crippen LogP contribution in [0, 0.1) is 34.5 Å². The second kappa shape index (κ2) is 4.45. The van der Waals surface area contributed by atoms with Gasteiger partial charge in [0.05, 0.1) is 6.07 Å². The van der Waals surface area contributed by atoms with Crippen LogP contribution >= 0.6 is 0 Å². The molecule has 5 rings (SSSR count). The summed E-state index contributed by atoms with van der Waals surface area (Å²) < 4.78 is 0. The summed E-state index contributed by atoms with van der Waals surface area (Å²) in [7, 11) is 0. The predicted octanol–water partition coefficient (Wildman–Crippen LogP) is 4.20. The van der Waals surface area contributed by atoms with Gasteiger partial charge < -0.3 is 0 Å². The molecular weight excluding hydrogens is 244 g/mol. The predicted molar refractivity (Wildman–Crippen MR) is 78.4 cm³/mol. The van der Waals surface area contributed by atoms with E-state index in [0.717, 1.165) is 28.9 Å². The number of allylic oxidation sites excluding steroid dienone is 1. The van der Waals surface area contributed by atoms with Crippen LogP contribution in [0.15, 0.2) is 30.1 Å². The van der Waals surface area contributed by atoms with E-state index in [1.54, 1.807) is 6.20 Å². The summed E-state index contributed by atoms with van der Waals surface area (Å²) in [6.07, 6.45) is 13.8. The molecule has 0 N–H and O–H groups in total. The number of aromatic nitrogens is 1. The minimum Gasteiger partial charge on any atom is -0.264 e. The lowest BCUT2D eigenvalue weighted by Gasteiger charge is -2.56. The molecule has 0 unspecified atom stereocenters. The van der Waals surface area contributed by atoms with Crippen LogP contribution in [-0.4, -0.2) is 4.98 Å². The molecule has 4 saturated carbocycles. The molecule has 0 radical (unpaired) electrons. The number of rotatable bonds is 2. The molecule has 20 heavy (non-hydrogen) atoms. The Kier molecular flexibility index (Phi) is 2.70. The second-order valence-corrected chi connectivity index (χ2v) is 7.15. The van der Waals surface area contributed by atoms with Crippen LogP contribution in [0.3, 0.4) is 0 Å². The van der Waals surface area contributed by atoms with Gasteiger partial charge >= 0.3 is 0 Å². The monoisotopic (exact) mass is 264 g/mol. The third kappa shape index (κ3) is 1.88. The smallest absolute Gasteiger partial charge is 0.0953 e. The first-order valence-corrected chi connectivity index (χ1v) is 7.80. The molecule has 0 amide bonds.